The number of aliphatic carboxylic acids is 2. The van der Waals surface area contributed by atoms with E-state index in [4.69, 9.17) is 10.2 Å². The van der Waals surface area contributed by atoms with E-state index < -0.39 is 11.9 Å². The van der Waals surface area contributed by atoms with E-state index in [0.29, 0.717) is 12.8 Å². The Hall–Kier alpha value is -0.294. The van der Waals surface area contributed by atoms with E-state index in [9.17, 15) is 9.59 Å². The van der Waals surface area contributed by atoms with Gasteiger partial charge < -0.3 is 10.2 Å². The molecule has 0 aromatic heterocycles. The van der Waals surface area contributed by atoms with E-state index in [1.165, 1.54) is 141 Å². The molecule has 0 aliphatic rings. The second kappa shape index (κ2) is 37.9. The highest BCUT2D eigenvalue weighted by Crippen LogP contribution is 2.14. The largest absolute Gasteiger partial charge is 0.481 e. The van der Waals surface area contributed by atoms with Gasteiger partial charge in [-0.25, -0.2) is 0 Å². The van der Waals surface area contributed by atoms with Gasteiger partial charge in [-0.15, -0.1) is 0 Å². The lowest BCUT2D eigenvalue weighted by atomic mass is 10.0. The molecule has 5 heteroatoms. The Balaban J connectivity index is -0.000000623. The molecule has 37 heavy (non-hydrogen) atoms. The van der Waals surface area contributed by atoms with E-state index in [0.717, 1.165) is 25.7 Å². The molecule has 0 aliphatic heterocycles. The SMILES string of the molecule is CCCCCCCCCCCCCC(=O)O.CCCCCCCCCCCCCCCCCC(=O)O.[MgH2]. The second-order valence-corrected chi connectivity index (χ2v) is 10.8. The Labute approximate surface area is 247 Å². The zero-order valence-corrected chi connectivity index (χ0v) is 24.5. The third-order valence-corrected chi connectivity index (χ3v) is 6.99. The Kier molecular flexibility index (Phi) is 42.1. The Morgan fingerprint density at radius 2 is 0.514 bits per heavy atom. The van der Waals surface area contributed by atoms with Crippen molar-refractivity contribution >= 4 is 35.0 Å². The molecule has 0 heterocycles. The van der Waals surface area contributed by atoms with E-state index >= 15 is 0 Å². The summed E-state index contributed by atoms with van der Waals surface area (Å²) in [4.78, 5) is 20.6. The van der Waals surface area contributed by atoms with Gasteiger partial charge in [0.05, 0.1) is 0 Å². The lowest BCUT2D eigenvalue weighted by Gasteiger charge is -2.03. The molecule has 0 atom stereocenters. The third-order valence-electron chi connectivity index (χ3n) is 6.99. The maximum Gasteiger partial charge on any atom is 0.316 e. The van der Waals surface area contributed by atoms with E-state index in [1.54, 1.807) is 0 Å². The van der Waals surface area contributed by atoms with Crippen molar-refractivity contribution in [3.8, 4) is 0 Å². The molecule has 0 amide bonds. The number of rotatable bonds is 28. The summed E-state index contributed by atoms with van der Waals surface area (Å²) in [5.41, 5.74) is 0. The number of hydrogen-bond donors (Lipinski definition) is 2. The zero-order chi connectivity index (χ0) is 27.0. The van der Waals surface area contributed by atoms with Crippen LogP contribution in [0.25, 0.3) is 0 Å². The van der Waals surface area contributed by atoms with Crippen LogP contribution in [0.3, 0.4) is 0 Å². The fraction of sp³-hybridized carbons (Fsp3) is 0.938. The van der Waals surface area contributed by atoms with Gasteiger partial charge in [-0.1, -0.05) is 168 Å². The van der Waals surface area contributed by atoms with Gasteiger partial charge in [0.25, 0.3) is 0 Å². The Morgan fingerprint density at radius 1 is 0.351 bits per heavy atom. The summed E-state index contributed by atoms with van der Waals surface area (Å²) >= 11 is 0. The molecular weight excluding hydrogens is 473 g/mol. The zero-order valence-electron chi connectivity index (χ0n) is 24.5. The van der Waals surface area contributed by atoms with Gasteiger partial charge in [0, 0.05) is 12.8 Å². The van der Waals surface area contributed by atoms with Crippen LogP contribution in [0.2, 0.25) is 0 Å². The van der Waals surface area contributed by atoms with Gasteiger partial charge in [0.2, 0.25) is 0 Å². The molecule has 2 N–H and O–H groups in total. The van der Waals surface area contributed by atoms with E-state index in [1.807, 2.05) is 0 Å². The summed E-state index contributed by atoms with van der Waals surface area (Å²) in [6.45, 7) is 4.52. The summed E-state index contributed by atoms with van der Waals surface area (Å²) in [5.74, 6) is -1.31. The summed E-state index contributed by atoms with van der Waals surface area (Å²) in [5, 5.41) is 17.0. The molecule has 4 nitrogen and oxygen atoms in total. The van der Waals surface area contributed by atoms with Gasteiger partial charge in [-0.05, 0) is 12.8 Å². The average molecular weight is 539 g/mol. The minimum atomic E-state index is -0.657. The van der Waals surface area contributed by atoms with E-state index in [2.05, 4.69) is 13.8 Å². The lowest BCUT2D eigenvalue weighted by Crippen LogP contribution is -1.93. The van der Waals surface area contributed by atoms with Crippen LogP contribution < -0.4 is 0 Å². The molecule has 0 unspecified atom stereocenters. The topological polar surface area (TPSA) is 74.6 Å². The first-order chi connectivity index (χ1) is 17.5. The van der Waals surface area contributed by atoms with Crippen LogP contribution in [0.5, 0.6) is 0 Å². The van der Waals surface area contributed by atoms with Crippen molar-refractivity contribution < 1.29 is 19.8 Å². The number of carboxylic acid groups (broad SMARTS) is 2. The maximum atomic E-state index is 10.3. The van der Waals surface area contributed by atoms with Crippen LogP contribution in [0, 0.1) is 0 Å². The number of unbranched alkanes of at least 4 members (excludes halogenated alkanes) is 24. The number of carboxylic acids is 2. The van der Waals surface area contributed by atoms with Crippen molar-refractivity contribution in [1.29, 1.82) is 0 Å². The predicted molar refractivity (Wildman–Crippen MR) is 164 cm³/mol. The molecule has 0 fully saturated rings. The fourth-order valence-electron chi connectivity index (χ4n) is 4.59. The highest BCUT2D eigenvalue weighted by Gasteiger charge is 1.98. The average Bonchev–Trinajstić information content (AvgIpc) is 2.85. The molecule has 0 rings (SSSR count). The monoisotopic (exact) mass is 538 g/mol. The summed E-state index contributed by atoms with van der Waals surface area (Å²) in [7, 11) is 0. The van der Waals surface area contributed by atoms with Gasteiger partial charge in [0.1, 0.15) is 0 Å². The molecular formula is C32H66MgO4. The van der Waals surface area contributed by atoms with Crippen LogP contribution in [-0.4, -0.2) is 45.2 Å². The van der Waals surface area contributed by atoms with Crippen molar-refractivity contribution in [3.63, 3.8) is 0 Å². The Morgan fingerprint density at radius 3 is 0.676 bits per heavy atom. The maximum absolute atomic E-state index is 10.3. The standard InChI is InChI=1S/C18H36O2.C14H28O2.Mg.2H/c1-2-3-4-5-6-7-8-9-10-11-12-13-14-15-16-17-18(19)20;1-2-3-4-5-6-7-8-9-10-11-12-13-14(15)16;;;/h2-17H2,1H3,(H,19,20);2-13H2,1H3,(H,15,16);;;. The Bertz CT molecular complexity index is 443. The second-order valence-electron chi connectivity index (χ2n) is 10.8. The fourth-order valence-corrected chi connectivity index (χ4v) is 4.59. The first-order valence-electron chi connectivity index (χ1n) is 16.0. The quantitative estimate of drug-likeness (QED) is 0.0767. The minimum absolute atomic E-state index is 0. The van der Waals surface area contributed by atoms with Crippen molar-refractivity contribution in [2.45, 2.75) is 194 Å². The van der Waals surface area contributed by atoms with Crippen LogP contribution in [-0.2, 0) is 9.59 Å². The van der Waals surface area contributed by atoms with Crippen molar-refractivity contribution in [3.05, 3.63) is 0 Å². The molecule has 220 valence electrons. The summed E-state index contributed by atoms with van der Waals surface area (Å²) < 4.78 is 0. The van der Waals surface area contributed by atoms with E-state index in [-0.39, 0.29) is 23.1 Å². The normalized spacial score (nSPS) is 10.4. The smallest absolute Gasteiger partial charge is 0.316 e. The van der Waals surface area contributed by atoms with Crippen LogP contribution >= 0.6 is 0 Å². The van der Waals surface area contributed by atoms with Crippen molar-refractivity contribution in [1.82, 2.24) is 0 Å². The number of hydrogen-bond acceptors (Lipinski definition) is 2. The van der Waals surface area contributed by atoms with Gasteiger partial charge >= 0.3 is 35.0 Å². The first-order valence-corrected chi connectivity index (χ1v) is 16.0. The molecule has 0 saturated carbocycles. The van der Waals surface area contributed by atoms with Gasteiger partial charge in [-0.3, -0.25) is 9.59 Å². The summed E-state index contributed by atoms with van der Waals surface area (Å²) in [6, 6.07) is 0. The predicted octanol–water partition coefficient (Wildman–Crippen LogP) is 10.2. The molecule has 0 aliphatic carbocycles. The molecule has 0 aromatic carbocycles. The first kappa shape index (κ1) is 41.2. The van der Waals surface area contributed by atoms with Gasteiger partial charge in [0.15, 0.2) is 0 Å². The summed E-state index contributed by atoms with van der Waals surface area (Å²) in [6.07, 6.45) is 34.6. The van der Waals surface area contributed by atoms with Crippen molar-refractivity contribution in [2.75, 3.05) is 0 Å². The molecule has 0 saturated heterocycles. The number of carbonyl (C=O) groups is 2. The molecule has 0 radical (unpaired) electrons. The molecule has 0 aromatic rings. The molecule has 0 bridgehead atoms. The third kappa shape index (κ3) is 46.0. The van der Waals surface area contributed by atoms with Crippen molar-refractivity contribution in [2.24, 2.45) is 0 Å². The molecule has 0 spiro atoms. The van der Waals surface area contributed by atoms with Crippen LogP contribution in [0.1, 0.15) is 194 Å². The highest BCUT2D eigenvalue weighted by atomic mass is 24.3. The lowest BCUT2D eigenvalue weighted by molar-refractivity contribution is -0.138. The highest BCUT2D eigenvalue weighted by molar-refractivity contribution is 5.75. The van der Waals surface area contributed by atoms with Crippen LogP contribution in [0.15, 0.2) is 0 Å². The minimum Gasteiger partial charge on any atom is -0.481 e. The van der Waals surface area contributed by atoms with Crippen LogP contribution in [0.4, 0.5) is 0 Å². The van der Waals surface area contributed by atoms with Gasteiger partial charge in [-0.2, -0.15) is 0 Å².